The topological polar surface area (TPSA) is 64.4 Å². The van der Waals surface area contributed by atoms with Crippen molar-refractivity contribution in [3.8, 4) is 5.75 Å². The molecule has 2 aromatic rings. The minimum Gasteiger partial charge on any atom is -0.492 e. The van der Waals surface area contributed by atoms with Crippen LogP contribution in [-0.4, -0.2) is 24.6 Å². The first-order valence-corrected chi connectivity index (χ1v) is 6.87. The van der Waals surface area contributed by atoms with Crippen molar-refractivity contribution in [2.75, 3.05) is 19.7 Å². The first-order valence-electron chi connectivity index (χ1n) is 6.87. The van der Waals surface area contributed by atoms with E-state index in [1.165, 1.54) is 12.1 Å². The van der Waals surface area contributed by atoms with Gasteiger partial charge in [0.1, 0.15) is 12.4 Å². The number of nitrogens with one attached hydrogen (secondary N) is 1. The zero-order valence-electron chi connectivity index (χ0n) is 11.7. The highest BCUT2D eigenvalue weighted by molar-refractivity contribution is 5.32. The highest BCUT2D eigenvalue weighted by Crippen LogP contribution is 2.12. The fraction of sp³-hybridized carbons (Fsp3) is 0.250. The smallest absolute Gasteiger partial charge is 0.269 e. The van der Waals surface area contributed by atoms with Crippen molar-refractivity contribution in [1.82, 2.24) is 5.32 Å². The third-order valence-electron chi connectivity index (χ3n) is 3.03. The molecule has 21 heavy (non-hydrogen) atoms. The molecule has 0 bridgehead atoms. The normalized spacial score (nSPS) is 10.3. The molecule has 5 heteroatoms. The molecule has 0 aromatic heterocycles. The van der Waals surface area contributed by atoms with E-state index in [0.29, 0.717) is 6.61 Å². The van der Waals surface area contributed by atoms with Crippen molar-refractivity contribution in [1.29, 1.82) is 0 Å². The summed E-state index contributed by atoms with van der Waals surface area (Å²) in [6.07, 6.45) is 0.837. The molecule has 0 unspecified atom stereocenters. The molecule has 0 aliphatic rings. The Kier molecular flexibility index (Phi) is 5.72. The third-order valence-corrected chi connectivity index (χ3v) is 3.03. The fourth-order valence-electron chi connectivity index (χ4n) is 1.90. The van der Waals surface area contributed by atoms with Gasteiger partial charge in [-0.25, -0.2) is 0 Å². The second-order valence-electron chi connectivity index (χ2n) is 4.59. The van der Waals surface area contributed by atoms with E-state index in [0.717, 1.165) is 30.8 Å². The number of ether oxygens (including phenoxy) is 1. The Bertz CT molecular complexity index is 555. The average molecular weight is 286 g/mol. The maximum atomic E-state index is 10.5. The van der Waals surface area contributed by atoms with Gasteiger partial charge in [-0.05, 0) is 30.7 Å². The molecule has 0 aliphatic carbocycles. The number of non-ortho nitro benzene ring substituents is 1. The van der Waals surface area contributed by atoms with Crippen LogP contribution in [0.2, 0.25) is 0 Å². The van der Waals surface area contributed by atoms with E-state index in [4.69, 9.17) is 4.74 Å². The number of benzene rings is 2. The van der Waals surface area contributed by atoms with Crippen molar-refractivity contribution in [2.45, 2.75) is 6.42 Å². The Hall–Kier alpha value is -2.40. The van der Waals surface area contributed by atoms with Crippen LogP contribution in [0.15, 0.2) is 54.6 Å². The van der Waals surface area contributed by atoms with Gasteiger partial charge in [0.25, 0.3) is 5.69 Å². The molecule has 0 amide bonds. The maximum absolute atomic E-state index is 10.5. The van der Waals surface area contributed by atoms with E-state index >= 15 is 0 Å². The van der Waals surface area contributed by atoms with E-state index < -0.39 is 0 Å². The zero-order valence-corrected chi connectivity index (χ0v) is 11.7. The Morgan fingerprint density at radius 3 is 2.38 bits per heavy atom. The Morgan fingerprint density at radius 1 is 1.00 bits per heavy atom. The molecule has 5 nitrogen and oxygen atoms in total. The molecule has 0 spiro atoms. The van der Waals surface area contributed by atoms with Crippen molar-refractivity contribution in [3.05, 3.63) is 70.3 Å². The summed E-state index contributed by atoms with van der Waals surface area (Å²) in [4.78, 5) is 10.2. The van der Waals surface area contributed by atoms with Crippen LogP contribution in [0.5, 0.6) is 5.75 Å². The van der Waals surface area contributed by atoms with Crippen LogP contribution in [0.25, 0.3) is 0 Å². The molecule has 0 radical (unpaired) electrons. The first-order chi connectivity index (χ1) is 10.3. The largest absolute Gasteiger partial charge is 0.492 e. The summed E-state index contributed by atoms with van der Waals surface area (Å²) in [5.74, 6) is 0.870. The maximum Gasteiger partial charge on any atom is 0.269 e. The minimum absolute atomic E-state index is 0.128. The summed E-state index contributed by atoms with van der Waals surface area (Å²) in [5, 5.41) is 13.8. The Balaban J connectivity index is 1.60. The lowest BCUT2D eigenvalue weighted by molar-refractivity contribution is -0.384. The second-order valence-corrected chi connectivity index (χ2v) is 4.59. The molecule has 0 atom stereocenters. The van der Waals surface area contributed by atoms with E-state index in [1.54, 1.807) is 12.1 Å². The van der Waals surface area contributed by atoms with Crippen molar-refractivity contribution in [3.63, 3.8) is 0 Å². The van der Waals surface area contributed by atoms with E-state index in [-0.39, 0.29) is 10.6 Å². The lowest BCUT2D eigenvalue weighted by atomic mass is 10.1. The summed E-state index contributed by atoms with van der Waals surface area (Å²) in [7, 11) is 0. The molecule has 2 aromatic carbocycles. The van der Waals surface area contributed by atoms with Crippen LogP contribution in [0, 0.1) is 10.1 Å². The van der Waals surface area contributed by atoms with Gasteiger partial charge in [0, 0.05) is 18.7 Å². The van der Waals surface area contributed by atoms with Gasteiger partial charge < -0.3 is 10.1 Å². The fourth-order valence-corrected chi connectivity index (χ4v) is 1.90. The molecule has 2 rings (SSSR count). The number of nitrogens with zero attached hydrogens (tertiary/aromatic N) is 1. The SMILES string of the molecule is O=[N+]([O-])c1ccc(CCNCCOc2ccccc2)cc1. The number of rotatable bonds is 8. The van der Waals surface area contributed by atoms with Crippen LogP contribution in [0.1, 0.15) is 5.56 Å². The average Bonchev–Trinajstić information content (AvgIpc) is 2.52. The van der Waals surface area contributed by atoms with Crippen LogP contribution >= 0.6 is 0 Å². The lowest BCUT2D eigenvalue weighted by Crippen LogP contribution is -2.23. The van der Waals surface area contributed by atoms with Crippen LogP contribution < -0.4 is 10.1 Å². The molecule has 0 heterocycles. The zero-order chi connectivity index (χ0) is 14.9. The molecule has 0 saturated carbocycles. The van der Waals surface area contributed by atoms with Gasteiger partial charge >= 0.3 is 0 Å². The van der Waals surface area contributed by atoms with Gasteiger partial charge in [0.15, 0.2) is 0 Å². The predicted octanol–water partition coefficient (Wildman–Crippen LogP) is 2.81. The molecular formula is C16H18N2O3. The van der Waals surface area contributed by atoms with Gasteiger partial charge in [-0.2, -0.15) is 0 Å². The summed E-state index contributed by atoms with van der Waals surface area (Å²) in [6, 6.07) is 16.3. The van der Waals surface area contributed by atoms with Crippen molar-refractivity contribution < 1.29 is 9.66 Å². The van der Waals surface area contributed by atoms with E-state index in [1.807, 2.05) is 30.3 Å². The predicted molar refractivity (Wildman–Crippen MR) is 81.6 cm³/mol. The van der Waals surface area contributed by atoms with Crippen molar-refractivity contribution >= 4 is 5.69 Å². The molecule has 1 N–H and O–H groups in total. The summed E-state index contributed by atoms with van der Waals surface area (Å²) >= 11 is 0. The number of nitro benzene ring substituents is 1. The third kappa shape index (κ3) is 5.24. The van der Waals surface area contributed by atoms with Gasteiger partial charge in [0.2, 0.25) is 0 Å². The number of hydrogen-bond acceptors (Lipinski definition) is 4. The standard InChI is InChI=1S/C16H18N2O3/c19-18(20)15-8-6-14(7-9-15)10-11-17-12-13-21-16-4-2-1-3-5-16/h1-9,17H,10-13H2. The monoisotopic (exact) mass is 286 g/mol. The number of nitro groups is 1. The Labute approximate surface area is 123 Å². The molecule has 0 aliphatic heterocycles. The van der Waals surface area contributed by atoms with Crippen LogP contribution in [0.3, 0.4) is 0 Å². The highest BCUT2D eigenvalue weighted by atomic mass is 16.6. The highest BCUT2D eigenvalue weighted by Gasteiger charge is 2.03. The van der Waals surface area contributed by atoms with Gasteiger partial charge in [0.05, 0.1) is 4.92 Å². The quantitative estimate of drug-likeness (QED) is 0.460. The van der Waals surface area contributed by atoms with Gasteiger partial charge in [-0.1, -0.05) is 30.3 Å². The number of hydrogen-bond donors (Lipinski definition) is 1. The lowest BCUT2D eigenvalue weighted by Gasteiger charge is -2.07. The molecule has 0 fully saturated rings. The molecule has 110 valence electrons. The van der Waals surface area contributed by atoms with Crippen LogP contribution in [-0.2, 0) is 6.42 Å². The van der Waals surface area contributed by atoms with Gasteiger partial charge in [-0.3, -0.25) is 10.1 Å². The number of para-hydroxylation sites is 1. The molecule has 0 saturated heterocycles. The second kappa shape index (κ2) is 8.01. The van der Waals surface area contributed by atoms with Crippen molar-refractivity contribution in [2.24, 2.45) is 0 Å². The van der Waals surface area contributed by atoms with Gasteiger partial charge in [-0.15, -0.1) is 0 Å². The van der Waals surface area contributed by atoms with Crippen LogP contribution in [0.4, 0.5) is 5.69 Å². The minimum atomic E-state index is -0.386. The molecular weight excluding hydrogens is 268 g/mol. The first kappa shape index (κ1) is 15.0. The summed E-state index contributed by atoms with van der Waals surface area (Å²) < 4.78 is 5.56. The summed E-state index contributed by atoms with van der Waals surface area (Å²) in [6.45, 7) is 2.20. The van der Waals surface area contributed by atoms with E-state index in [9.17, 15) is 10.1 Å². The Morgan fingerprint density at radius 2 is 1.71 bits per heavy atom. The van der Waals surface area contributed by atoms with E-state index in [2.05, 4.69) is 5.32 Å². The summed E-state index contributed by atoms with van der Waals surface area (Å²) in [5.41, 5.74) is 1.21.